The number of aryl methyl sites for hydroxylation is 2. The maximum atomic E-state index is 12.5. The summed E-state index contributed by atoms with van der Waals surface area (Å²) in [7, 11) is 0. The second kappa shape index (κ2) is 7.80. The highest BCUT2D eigenvalue weighted by Gasteiger charge is 2.34. The first-order chi connectivity index (χ1) is 13.5. The van der Waals surface area contributed by atoms with Crippen molar-refractivity contribution < 1.29 is 9.32 Å². The molecule has 1 atom stereocenters. The molecule has 0 N–H and O–H groups in total. The minimum absolute atomic E-state index is 0.0515. The number of carbonyl (C=O) groups is 1. The van der Waals surface area contributed by atoms with Gasteiger partial charge in [0.15, 0.2) is 0 Å². The highest BCUT2D eigenvalue weighted by Crippen LogP contribution is 2.30. The molecule has 0 spiro atoms. The summed E-state index contributed by atoms with van der Waals surface area (Å²) in [6.07, 6.45) is 2.47. The Morgan fingerprint density at radius 1 is 1.18 bits per heavy atom. The van der Waals surface area contributed by atoms with E-state index in [0.29, 0.717) is 31.2 Å². The van der Waals surface area contributed by atoms with Crippen LogP contribution in [0.15, 0.2) is 51.9 Å². The summed E-state index contributed by atoms with van der Waals surface area (Å²) in [5.74, 6) is 1.22. The van der Waals surface area contributed by atoms with Gasteiger partial charge in [-0.05, 0) is 49.4 Å². The van der Waals surface area contributed by atoms with E-state index in [-0.39, 0.29) is 11.8 Å². The molecule has 2 heterocycles. The maximum absolute atomic E-state index is 12.5. The number of benzene rings is 2. The fourth-order valence-electron chi connectivity index (χ4n) is 3.53. The van der Waals surface area contributed by atoms with Gasteiger partial charge in [0.2, 0.25) is 17.6 Å². The first kappa shape index (κ1) is 18.7. The first-order valence-electron chi connectivity index (χ1n) is 9.35. The minimum atomic E-state index is -0.0515. The Morgan fingerprint density at radius 3 is 2.71 bits per heavy atom. The monoisotopic (exact) mass is 393 g/mol. The smallest absolute Gasteiger partial charge is 0.232 e. The SMILES string of the molecule is CSc1ccc(CN2CC(c3nc(-c4cc(C)ccc4C)no3)CC2=O)cc1. The highest BCUT2D eigenvalue weighted by atomic mass is 32.2. The molecule has 0 aliphatic carbocycles. The molecule has 1 unspecified atom stereocenters. The Hall–Kier alpha value is -2.60. The molecule has 1 aromatic heterocycles. The molecule has 0 bridgehead atoms. The predicted octanol–water partition coefficient (Wildman–Crippen LogP) is 4.59. The lowest BCUT2D eigenvalue weighted by Crippen LogP contribution is -2.24. The lowest BCUT2D eigenvalue weighted by atomic mass is 10.1. The van der Waals surface area contributed by atoms with Crippen LogP contribution >= 0.6 is 11.8 Å². The van der Waals surface area contributed by atoms with Gasteiger partial charge in [-0.1, -0.05) is 35.0 Å². The quantitative estimate of drug-likeness (QED) is 0.593. The summed E-state index contributed by atoms with van der Waals surface area (Å²) in [6.45, 7) is 5.30. The zero-order chi connectivity index (χ0) is 19.7. The second-order valence-corrected chi connectivity index (χ2v) is 8.18. The standard InChI is InChI=1S/C22H23N3O2S/c1-14-4-5-15(2)19(10-14)21-23-22(27-24-21)17-11-20(26)25(13-17)12-16-6-8-18(28-3)9-7-16/h4-10,17H,11-13H2,1-3H3. The molecule has 1 saturated heterocycles. The van der Waals surface area contributed by atoms with Crippen LogP contribution in [0.3, 0.4) is 0 Å². The van der Waals surface area contributed by atoms with Gasteiger partial charge in [-0.3, -0.25) is 4.79 Å². The number of amides is 1. The van der Waals surface area contributed by atoms with Crippen molar-refractivity contribution in [1.82, 2.24) is 15.0 Å². The Labute approximate surface area is 169 Å². The third kappa shape index (κ3) is 3.83. The van der Waals surface area contributed by atoms with Crippen LogP contribution in [0.25, 0.3) is 11.4 Å². The van der Waals surface area contributed by atoms with Crippen LogP contribution in [0.4, 0.5) is 0 Å². The summed E-state index contributed by atoms with van der Waals surface area (Å²) in [4.78, 5) is 20.2. The maximum Gasteiger partial charge on any atom is 0.232 e. The normalized spacial score (nSPS) is 16.8. The van der Waals surface area contributed by atoms with E-state index in [1.165, 1.54) is 4.90 Å². The van der Waals surface area contributed by atoms with E-state index in [1.54, 1.807) is 11.8 Å². The molecule has 2 aromatic carbocycles. The molecule has 1 aliphatic heterocycles. The van der Waals surface area contributed by atoms with Crippen LogP contribution in [0.1, 0.15) is 34.9 Å². The molecule has 5 nitrogen and oxygen atoms in total. The van der Waals surface area contributed by atoms with Gasteiger partial charge in [0.25, 0.3) is 0 Å². The summed E-state index contributed by atoms with van der Waals surface area (Å²) in [5, 5.41) is 4.17. The highest BCUT2D eigenvalue weighted by molar-refractivity contribution is 7.98. The van der Waals surface area contributed by atoms with Crippen molar-refractivity contribution in [3.05, 3.63) is 65.0 Å². The van der Waals surface area contributed by atoms with Gasteiger partial charge < -0.3 is 9.42 Å². The summed E-state index contributed by atoms with van der Waals surface area (Å²) in [6, 6.07) is 14.5. The lowest BCUT2D eigenvalue weighted by Gasteiger charge is -2.16. The van der Waals surface area contributed by atoms with E-state index in [1.807, 2.05) is 18.7 Å². The van der Waals surface area contributed by atoms with Gasteiger partial charge in [-0.15, -0.1) is 11.8 Å². The number of aromatic nitrogens is 2. The summed E-state index contributed by atoms with van der Waals surface area (Å²) < 4.78 is 5.53. The third-order valence-corrected chi connectivity index (χ3v) is 5.92. The van der Waals surface area contributed by atoms with Gasteiger partial charge >= 0.3 is 0 Å². The molecule has 1 amide bonds. The number of likely N-dealkylation sites (tertiary alicyclic amines) is 1. The van der Waals surface area contributed by atoms with Crippen molar-refractivity contribution in [2.75, 3.05) is 12.8 Å². The summed E-state index contributed by atoms with van der Waals surface area (Å²) >= 11 is 1.71. The average molecular weight is 394 g/mol. The molecule has 4 rings (SSSR count). The van der Waals surface area contributed by atoms with Crippen molar-refractivity contribution in [3.63, 3.8) is 0 Å². The van der Waals surface area contributed by atoms with E-state index in [0.717, 1.165) is 22.3 Å². The molecular weight excluding hydrogens is 370 g/mol. The van der Waals surface area contributed by atoms with Crippen LogP contribution in [0.2, 0.25) is 0 Å². The number of thioether (sulfide) groups is 1. The molecule has 1 aliphatic rings. The Morgan fingerprint density at radius 2 is 1.96 bits per heavy atom. The van der Waals surface area contributed by atoms with Crippen LogP contribution in [0.5, 0.6) is 0 Å². The zero-order valence-electron chi connectivity index (χ0n) is 16.3. The molecule has 0 saturated carbocycles. The van der Waals surface area contributed by atoms with Crippen LogP contribution < -0.4 is 0 Å². The van der Waals surface area contributed by atoms with Gasteiger partial charge in [0.05, 0.1) is 5.92 Å². The van der Waals surface area contributed by atoms with Crippen LogP contribution in [0, 0.1) is 13.8 Å². The van der Waals surface area contributed by atoms with Crippen molar-refractivity contribution in [3.8, 4) is 11.4 Å². The number of carbonyl (C=O) groups excluding carboxylic acids is 1. The van der Waals surface area contributed by atoms with E-state index < -0.39 is 0 Å². The Balaban J connectivity index is 1.48. The summed E-state index contributed by atoms with van der Waals surface area (Å²) in [5.41, 5.74) is 4.37. The lowest BCUT2D eigenvalue weighted by molar-refractivity contribution is -0.128. The molecule has 3 aromatic rings. The topological polar surface area (TPSA) is 59.2 Å². The van der Waals surface area contributed by atoms with Gasteiger partial charge in [-0.25, -0.2) is 0 Å². The van der Waals surface area contributed by atoms with Crippen molar-refractivity contribution in [2.24, 2.45) is 0 Å². The zero-order valence-corrected chi connectivity index (χ0v) is 17.1. The van der Waals surface area contributed by atoms with Gasteiger partial charge in [0.1, 0.15) is 0 Å². The van der Waals surface area contributed by atoms with Gasteiger partial charge in [-0.2, -0.15) is 4.98 Å². The largest absolute Gasteiger partial charge is 0.339 e. The van der Waals surface area contributed by atoms with E-state index >= 15 is 0 Å². The number of hydrogen-bond acceptors (Lipinski definition) is 5. The van der Waals surface area contributed by atoms with Crippen molar-refractivity contribution in [2.45, 2.75) is 37.6 Å². The Kier molecular flexibility index (Phi) is 5.22. The average Bonchev–Trinajstić information content (AvgIpc) is 3.32. The predicted molar refractivity (Wildman–Crippen MR) is 110 cm³/mol. The van der Waals surface area contributed by atoms with E-state index in [2.05, 4.69) is 58.9 Å². The minimum Gasteiger partial charge on any atom is -0.339 e. The van der Waals surface area contributed by atoms with Crippen LogP contribution in [-0.2, 0) is 11.3 Å². The molecular formula is C22H23N3O2S. The van der Waals surface area contributed by atoms with Crippen LogP contribution in [-0.4, -0.2) is 33.7 Å². The number of rotatable bonds is 5. The molecule has 6 heteroatoms. The number of nitrogens with zero attached hydrogens (tertiary/aromatic N) is 3. The fraction of sp³-hybridized carbons (Fsp3) is 0.318. The second-order valence-electron chi connectivity index (χ2n) is 7.30. The van der Waals surface area contributed by atoms with Gasteiger partial charge in [0, 0.05) is 30.0 Å². The molecule has 0 radical (unpaired) electrons. The van der Waals surface area contributed by atoms with E-state index in [4.69, 9.17) is 4.52 Å². The molecule has 28 heavy (non-hydrogen) atoms. The Bertz CT molecular complexity index is 997. The third-order valence-electron chi connectivity index (χ3n) is 5.17. The van der Waals surface area contributed by atoms with Crippen molar-refractivity contribution in [1.29, 1.82) is 0 Å². The van der Waals surface area contributed by atoms with Crippen molar-refractivity contribution >= 4 is 17.7 Å². The fourth-order valence-corrected chi connectivity index (χ4v) is 3.94. The molecule has 1 fully saturated rings. The first-order valence-corrected chi connectivity index (χ1v) is 10.6. The number of hydrogen-bond donors (Lipinski definition) is 0. The van der Waals surface area contributed by atoms with E-state index in [9.17, 15) is 4.79 Å². The molecule has 144 valence electrons.